The minimum Gasteiger partial charge on any atom is -0.490 e. The largest absolute Gasteiger partial charge is 0.490 e. The molecule has 1 aromatic rings. The van der Waals surface area contributed by atoms with Crippen molar-refractivity contribution in [1.29, 1.82) is 0 Å². The summed E-state index contributed by atoms with van der Waals surface area (Å²) in [5, 5.41) is 18.1. The average Bonchev–Trinajstić information content (AvgIpc) is 2.36. The molecular formula is C13H16O6. The second-order valence-corrected chi connectivity index (χ2v) is 3.72. The normalized spacial score (nSPS) is 11.7. The molecule has 0 aromatic heterocycles. The molecule has 6 nitrogen and oxygen atoms in total. The van der Waals surface area contributed by atoms with Crippen LogP contribution in [0.5, 0.6) is 11.5 Å². The topological polar surface area (TPSA) is 93.1 Å². The van der Waals surface area contributed by atoms with E-state index in [1.807, 2.05) is 0 Å². The fraction of sp³-hybridized carbons (Fsp3) is 0.385. The summed E-state index contributed by atoms with van der Waals surface area (Å²) in [6.07, 6.45) is -0.894. The first-order valence-electron chi connectivity index (χ1n) is 5.89. The Morgan fingerprint density at radius 2 is 1.95 bits per heavy atom. The van der Waals surface area contributed by atoms with E-state index in [9.17, 15) is 9.59 Å². The first kappa shape index (κ1) is 14.8. The Balaban J connectivity index is 3.20. The number of benzene rings is 1. The van der Waals surface area contributed by atoms with Gasteiger partial charge in [0.25, 0.3) is 0 Å². The van der Waals surface area contributed by atoms with Gasteiger partial charge in [-0.15, -0.1) is 0 Å². The maximum atomic E-state index is 11.1. The van der Waals surface area contributed by atoms with E-state index in [2.05, 4.69) is 0 Å². The Kier molecular flexibility index (Phi) is 5.17. The summed E-state index contributed by atoms with van der Waals surface area (Å²) in [6.45, 7) is 3.71. The van der Waals surface area contributed by atoms with Crippen molar-refractivity contribution in [3.8, 4) is 11.5 Å². The number of aliphatic carboxylic acids is 1. The SMILES string of the molecule is CCOc1cccc(C(=O)O)c1OC(CC)C(=O)O. The van der Waals surface area contributed by atoms with Gasteiger partial charge in [-0.3, -0.25) is 0 Å². The number of rotatable bonds is 7. The van der Waals surface area contributed by atoms with Crippen LogP contribution in [0.25, 0.3) is 0 Å². The van der Waals surface area contributed by atoms with E-state index >= 15 is 0 Å². The molecule has 0 heterocycles. The number of carboxylic acids is 2. The van der Waals surface area contributed by atoms with Gasteiger partial charge in [0, 0.05) is 0 Å². The van der Waals surface area contributed by atoms with Gasteiger partial charge >= 0.3 is 11.9 Å². The van der Waals surface area contributed by atoms with Gasteiger partial charge < -0.3 is 19.7 Å². The van der Waals surface area contributed by atoms with E-state index in [0.29, 0.717) is 6.61 Å². The van der Waals surface area contributed by atoms with Crippen LogP contribution >= 0.6 is 0 Å². The highest BCUT2D eigenvalue weighted by Gasteiger charge is 2.23. The highest BCUT2D eigenvalue weighted by atomic mass is 16.5. The van der Waals surface area contributed by atoms with Gasteiger partial charge in [0.1, 0.15) is 5.56 Å². The van der Waals surface area contributed by atoms with E-state index < -0.39 is 18.0 Å². The van der Waals surface area contributed by atoms with Gasteiger partial charge in [-0.1, -0.05) is 13.0 Å². The van der Waals surface area contributed by atoms with Gasteiger partial charge in [0.15, 0.2) is 17.6 Å². The van der Waals surface area contributed by atoms with Crippen LogP contribution in [0.3, 0.4) is 0 Å². The Bertz CT molecular complexity index is 468. The molecule has 0 spiro atoms. The minimum absolute atomic E-state index is 0.0499. The summed E-state index contributed by atoms with van der Waals surface area (Å²) in [7, 11) is 0. The predicted octanol–water partition coefficient (Wildman–Crippen LogP) is 2.03. The van der Waals surface area contributed by atoms with Crippen molar-refractivity contribution in [2.75, 3.05) is 6.61 Å². The Hall–Kier alpha value is -2.24. The van der Waals surface area contributed by atoms with Gasteiger partial charge in [0.05, 0.1) is 6.61 Å². The number of carbonyl (C=O) groups is 2. The van der Waals surface area contributed by atoms with Crippen molar-refractivity contribution in [2.45, 2.75) is 26.4 Å². The lowest BCUT2D eigenvalue weighted by atomic mass is 10.1. The molecule has 0 aliphatic heterocycles. The second kappa shape index (κ2) is 6.63. The number of para-hydroxylation sites is 1. The zero-order valence-electron chi connectivity index (χ0n) is 10.8. The van der Waals surface area contributed by atoms with E-state index in [4.69, 9.17) is 19.7 Å². The van der Waals surface area contributed by atoms with Gasteiger partial charge in [-0.2, -0.15) is 0 Å². The fourth-order valence-corrected chi connectivity index (χ4v) is 1.53. The van der Waals surface area contributed by atoms with Crippen LogP contribution in [0, 0.1) is 0 Å². The first-order chi connectivity index (χ1) is 9.01. The molecule has 1 unspecified atom stereocenters. The standard InChI is InChI=1S/C13H16O6/c1-3-9(13(16)17)19-11-8(12(14)15)6-5-7-10(11)18-4-2/h5-7,9H,3-4H2,1-2H3,(H,14,15)(H,16,17). The van der Waals surface area contributed by atoms with Crippen LogP contribution in [0.15, 0.2) is 18.2 Å². The molecule has 0 saturated heterocycles. The summed E-state index contributed by atoms with van der Waals surface area (Å²) < 4.78 is 10.6. The number of hydrogen-bond donors (Lipinski definition) is 2. The predicted molar refractivity (Wildman–Crippen MR) is 66.9 cm³/mol. The molecule has 0 fully saturated rings. The molecular weight excluding hydrogens is 252 g/mol. The molecule has 104 valence electrons. The zero-order chi connectivity index (χ0) is 14.4. The maximum Gasteiger partial charge on any atom is 0.344 e. The second-order valence-electron chi connectivity index (χ2n) is 3.72. The minimum atomic E-state index is -1.20. The number of carboxylic acid groups (broad SMARTS) is 2. The summed E-state index contributed by atoms with van der Waals surface area (Å²) in [5.41, 5.74) is -0.120. The molecule has 1 aromatic carbocycles. The fourth-order valence-electron chi connectivity index (χ4n) is 1.53. The van der Waals surface area contributed by atoms with Gasteiger partial charge in [0.2, 0.25) is 0 Å². The van der Waals surface area contributed by atoms with Crippen LogP contribution in [-0.2, 0) is 4.79 Å². The summed E-state index contributed by atoms with van der Waals surface area (Å²) in [5.74, 6) is -2.17. The Morgan fingerprint density at radius 1 is 1.26 bits per heavy atom. The molecule has 0 aliphatic rings. The van der Waals surface area contributed by atoms with Crippen molar-refractivity contribution in [3.05, 3.63) is 23.8 Å². The third-order valence-electron chi connectivity index (χ3n) is 2.42. The highest BCUT2D eigenvalue weighted by Crippen LogP contribution is 2.32. The number of aromatic carboxylic acids is 1. The molecule has 2 N–H and O–H groups in total. The van der Waals surface area contributed by atoms with Crippen molar-refractivity contribution >= 4 is 11.9 Å². The molecule has 0 amide bonds. The molecule has 6 heteroatoms. The number of ether oxygens (including phenoxy) is 2. The van der Waals surface area contributed by atoms with Crippen LogP contribution < -0.4 is 9.47 Å². The van der Waals surface area contributed by atoms with Crippen molar-refractivity contribution < 1.29 is 29.3 Å². The molecule has 0 aliphatic carbocycles. The molecule has 0 radical (unpaired) electrons. The third-order valence-corrected chi connectivity index (χ3v) is 2.42. The summed E-state index contributed by atoms with van der Waals surface area (Å²) in [6, 6.07) is 4.40. The van der Waals surface area contributed by atoms with Crippen LogP contribution in [0.2, 0.25) is 0 Å². The molecule has 0 bridgehead atoms. The Labute approximate surface area is 110 Å². The van der Waals surface area contributed by atoms with E-state index in [-0.39, 0.29) is 23.5 Å². The third kappa shape index (κ3) is 3.61. The quantitative estimate of drug-likeness (QED) is 0.785. The maximum absolute atomic E-state index is 11.1. The number of hydrogen-bond acceptors (Lipinski definition) is 4. The van der Waals surface area contributed by atoms with E-state index in [1.165, 1.54) is 12.1 Å². The van der Waals surface area contributed by atoms with Crippen LogP contribution in [0.4, 0.5) is 0 Å². The zero-order valence-corrected chi connectivity index (χ0v) is 10.8. The highest BCUT2D eigenvalue weighted by molar-refractivity contribution is 5.92. The Morgan fingerprint density at radius 3 is 2.42 bits per heavy atom. The van der Waals surface area contributed by atoms with Crippen molar-refractivity contribution in [3.63, 3.8) is 0 Å². The van der Waals surface area contributed by atoms with E-state index in [0.717, 1.165) is 0 Å². The smallest absolute Gasteiger partial charge is 0.344 e. The van der Waals surface area contributed by atoms with E-state index in [1.54, 1.807) is 19.9 Å². The first-order valence-corrected chi connectivity index (χ1v) is 5.89. The monoisotopic (exact) mass is 268 g/mol. The van der Waals surface area contributed by atoms with Gasteiger partial charge in [-0.05, 0) is 25.5 Å². The molecule has 1 atom stereocenters. The van der Waals surface area contributed by atoms with Crippen LogP contribution in [0.1, 0.15) is 30.6 Å². The summed E-state index contributed by atoms with van der Waals surface area (Å²) in [4.78, 5) is 22.1. The lowest BCUT2D eigenvalue weighted by Crippen LogP contribution is -2.27. The summed E-state index contributed by atoms with van der Waals surface area (Å²) >= 11 is 0. The van der Waals surface area contributed by atoms with Gasteiger partial charge in [-0.25, -0.2) is 9.59 Å². The molecule has 19 heavy (non-hydrogen) atoms. The van der Waals surface area contributed by atoms with Crippen LogP contribution in [-0.4, -0.2) is 34.9 Å². The van der Waals surface area contributed by atoms with Crippen molar-refractivity contribution in [2.24, 2.45) is 0 Å². The lowest BCUT2D eigenvalue weighted by Gasteiger charge is -2.18. The molecule has 1 rings (SSSR count). The molecule has 0 saturated carbocycles. The average molecular weight is 268 g/mol. The van der Waals surface area contributed by atoms with Crippen molar-refractivity contribution in [1.82, 2.24) is 0 Å². The lowest BCUT2D eigenvalue weighted by molar-refractivity contribution is -0.145.